The molecule has 1 aromatic heterocycles. The van der Waals surface area contributed by atoms with Crippen LogP contribution >= 0.6 is 0 Å². The zero-order valence-corrected chi connectivity index (χ0v) is 12.5. The van der Waals surface area contributed by atoms with Crippen molar-refractivity contribution in [3.05, 3.63) is 48.8 Å². The van der Waals surface area contributed by atoms with E-state index in [4.69, 9.17) is 9.47 Å². The van der Waals surface area contributed by atoms with Crippen LogP contribution in [0.5, 0.6) is 0 Å². The summed E-state index contributed by atoms with van der Waals surface area (Å²) in [6.07, 6.45) is 5.42. The molecule has 1 aliphatic rings. The lowest BCUT2D eigenvalue weighted by atomic mass is 9.85. The Labute approximate surface area is 125 Å². The molecule has 4 heteroatoms. The van der Waals surface area contributed by atoms with Crippen LogP contribution < -0.4 is 5.32 Å². The summed E-state index contributed by atoms with van der Waals surface area (Å²) in [6, 6.07) is 12.8. The van der Waals surface area contributed by atoms with Gasteiger partial charge in [0.05, 0.1) is 12.1 Å². The molecule has 0 spiro atoms. The molecule has 3 rings (SSSR count). The molecule has 4 nitrogen and oxygen atoms in total. The summed E-state index contributed by atoms with van der Waals surface area (Å²) >= 11 is 0. The number of nitrogens with zero attached hydrogens (tertiary/aromatic N) is 1. The molecule has 1 aliphatic carbocycles. The molecule has 2 aromatic rings. The number of ether oxygens (including phenoxy) is 2. The van der Waals surface area contributed by atoms with E-state index in [1.165, 1.54) is 0 Å². The minimum Gasteiger partial charge on any atom is -0.379 e. The van der Waals surface area contributed by atoms with Crippen LogP contribution in [0.2, 0.25) is 0 Å². The number of nitrogens with one attached hydrogen (secondary N) is 1. The SMILES string of the molecule is CCOC1CC(Nc2cccc(-n3cccc3)c2)C1OC. The third kappa shape index (κ3) is 2.96. The molecule has 3 atom stereocenters. The van der Waals surface area contributed by atoms with Gasteiger partial charge >= 0.3 is 0 Å². The minimum atomic E-state index is 0.125. The van der Waals surface area contributed by atoms with Crippen LogP contribution in [0.4, 0.5) is 5.69 Å². The number of benzene rings is 1. The van der Waals surface area contributed by atoms with E-state index in [2.05, 4.69) is 34.1 Å². The van der Waals surface area contributed by atoms with Crippen molar-refractivity contribution in [3.63, 3.8) is 0 Å². The first-order valence-corrected chi connectivity index (χ1v) is 7.46. The van der Waals surface area contributed by atoms with Crippen molar-refractivity contribution in [3.8, 4) is 5.69 Å². The maximum atomic E-state index is 5.66. The molecule has 0 saturated heterocycles. The third-order valence-corrected chi connectivity index (χ3v) is 4.00. The van der Waals surface area contributed by atoms with E-state index in [0.717, 1.165) is 24.4 Å². The normalized spacial score (nSPS) is 24.6. The van der Waals surface area contributed by atoms with E-state index in [-0.39, 0.29) is 12.2 Å². The van der Waals surface area contributed by atoms with Crippen molar-refractivity contribution in [1.29, 1.82) is 0 Å². The Bertz CT molecular complexity index is 568. The van der Waals surface area contributed by atoms with E-state index < -0.39 is 0 Å². The molecule has 1 fully saturated rings. The van der Waals surface area contributed by atoms with Crippen LogP contribution in [0.15, 0.2) is 48.8 Å². The van der Waals surface area contributed by atoms with Gasteiger partial charge in [-0.15, -0.1) is 0 Å². The molecule has 21 heavy (non-hydrogen) atoms. The Morgan fingerprint density at radius 2 is 2.05 bits per heavy atom. The number of anilines is 1. The quantitative estimate of drug-likeness (QED) is 0.886. The zero-order chi connectivity index (χ0) is 14.7. The van der Waals surface area contributed by atoms with Crippen molar-refractivity contribution in [2.75, 3.05) is 19.0 Å². The molecular weight excluding hydrogens is 264 g/mol. The average molecular weight is 286 g/mol. The third-order valence-electron chi connectivity index (χ3n) is 4.00. The molecule has 112 valence electrons. The number of aromatic nitrogens is 1. The summed E-state index contributed by atoms with van der Waals surface area (Å²) in [5, 5.41) is 3.55. The number of hydrogen-bond donors (Lipinski definition) is 1. The summed E-state index contributed by atoms with van der Waals surface area (Å²) in [6.45, 7) is 2.76. The highest BCUT2D eigenvalue weighted by molar-refractivity contribution is 5.52. The smallest absolute Gasteiger partial charge is 0.103 e. The topological polar surface area (TPSA) is 35.4 Å². The summed E-state index contributed by atoms with van der Waals surface area (Å²) in [5.41, 5.74) is 2.27. The molecule has 1 aromatic carbocycles. The zero-order valence-electron chi connectivity index (χ0n) is 12.5. The average Bonchev–Trinajstić information content (AvgIpc) is 3.01. The van der Waals surface area contributed by atoms with Gasteiger partial charge < -0.3 is 19.4 Å². The lowest BCUT2D eigenvalue weighted by Crippen LogP contribution is -2.56. The number of hydrogen-bond acceptors (Lipinski definition) is 3. The van der Waals surface area contributed by atoms with Crippen molar-refractivity contribution in [1.82, 2.24) is 4.57 Å². The molecule has 0 amide bonds. The molecule has 0 aliphatic heterocycles. The monoisotopic (exact) mass is 286 g/mol. The van der Waals surface area contributed by atoms with Crippen molar-refractivity contribution in [2.45, 2.75) is 31.6 Å². The molecule has 3 unspecified atom stereocenters. The molecule has 1 saturated carbocycles. The summed E-state index contributed by atoms with van der Waals surface area (Å²) in [4.78, 5) is 0. The van der Waals surface area contributed by atoms with Crippen molar-refractivity contribution in [2.24, 2.45) is 0 Å². The van der Waals surface area contributed by atoms with Gasteiger partial charge in [0.25, 0.3) is 0 Å². The fraction of sp³-hybridized carbons (Fsp3) is 0.412. The van der Waals surface area contributed by atoms with Crippen molar-refractivity contribution >= 4 is 5.69 Å². The van der Waals surface area contributed by atoms with Crippen LogP contribution in [0.25, 0.3) is 5.69 Å². The predicted molar refractivity (Wildman–Crippen MR) is 84.0 cm³/mol. The van der Waals surface area contributed by atoms with Crippen LogP contribution in [-0.2, 0) is 9.47 Å². The van der Waals surface area contributed by atoms with Gasteiger partial charge in [0.1, 0.15) is 6.10 Å². The fourth-order valence-electron chi connectivity index (χ4n) is 2.89. The van der Waals surface area contributed by atoms with Gasteiger partial charge in [-0.2, -0.15) is 0 Å². The van der Waals surface area contributed by atoms with Gasteiger partial charge in [-0.05, 0) is 43.7 Å². The summed E-state index contributed by atoms with van der Waals surface area (Å²) in [7, 11) is 1.75. The highest BCUT2D eigenvalue weighted by Crippen LogP contribution is 2.30. The Kier molecular flexibility index (Phi) is 4.27. The maximum absolute atomic E-state index is 5.66. The van der Waals surface area contributed by atoms with Gasteiger partial charge in [-0.1, -0.05) is 6.07 Å². The summed E-state index contributed by atoms with van der Waals surface area (Å²) < 4.78 is 13.3. The van der Waals surface area contributed by atoms with Gasteiger partial charge in [0.2, 0.25) is 0 Å². The van der Waals surface area contributed by atoms with Crippen LogP contribution in [-0.4, -0.2) is 36.5 Å². The van der Waals surface area contributed by atoms with Gasteiger partial charge in [0.15, 0.2) is 0 Å². The number of methoxy groups -OCH3 is 1. The van der Waals surface area contributed by atoms with Crippen LogP contribution in [0.1, 0.15) is 13.3 Å². The second-order valence-electron chi connectivity index (χ2n) is 5.32. The van der Waals surface area contributed by atoms with E-state index in [0.29, 0.717) is 6.04 Å². The molecule has 0 radical (unpaired) electrons. The highest BCUT2D eigenvalue weighted by Gasteiger charge is 2.42. The Morgan fingerprint density at radius 3 is 2.76 bits per heavy atom. The Hall–Kier alpha value is -1.78. The molecule has 1 N–H and O–H groups in total. The number of rotatable bonds is 6. The van der Waals surface area contributed by atoms with Gasteiger partial charge in [0, 0.05) is 37.5 Å². The fourth-order valence-corrected chi connectivity index (χ4v) is 2.89. The first kappa shape index (κ1) is 14.2. The Balaban J connectivity index is 1.67. The van der Waals surface area contributed by atoms with E-state index in [1.807, 2.05) is 31.5 Å². The highest BCUT2D eigenvalue weighted by atomic mass is 16.5. The standard InChI is InChI=1S/C17H22N2O2/c1-3-21-16-12-15(17(16)20-2)18-13-7-6-8-14(11-13)19-9-4-5-10-19/h4-11,15-18H,3,12H2,1-2H3. The lowest BCUT2D eigenvalue weighted by molar-refractivity contribution is -0.118. The van der Waals surface area contributed by atoms with Crippen LogP contribution in [0, 0.1) is 0 Å². The maximum Gasteiger partial charge on any atom is 0.103 e. The second-order valence-corrected chi connectivity index (χ2v) is 5.32. The van der Waals surface area contributed by atoms with Crippen molar-refractivity contribution < 1.29 is 9.47 Å². The van der Waals surface area contributed by atoms with E-state index in [1.54, 1.807) is 7.11 Å². The second kappa shape index (κ2) is 6.33. The largest absolute Gasteiger partial charge is 0.379 e. The Morgan fingerprint density at radius 1 is 1.24 bits per heavy atom. The molecule has 0 bridgehead atoms. The van der Waals surface area contributed by atoms with E-state index >= 15 is 0 Å². The predicted octanol–water partition coefficient (Wildman–Crippen LogP) is 3.08. The molecular formula is C17H22N2O2. The first-order valence-electron chi connectivity index (χ1n) is 7.46. The van der Waals surface area contributed by atoms with Crippen LogP contribution in [0.3, 0.4) is 0 Å². The van der Waals surface area contributed by atoms with Gasteiger partial charge in [-0.25, -0.2) is 0 Å². The lowest BCUT2D eigenvalue weighted by Gasteiger charge is -2.43. The minimum absolute atomic E-state index is 0.125. The van der Waals surface area contributed by atoms with Gasteiger partial charge in [-0.3, -0.25) is 0 Å². The molecule has 1 heterocycles. The first-order chi connectivity index (χ1) is 10.3. The van der Waals surface area contributed by atoms with E-state index in [9.17, 15) is 0 Å². The summed E-state index contributed by atoms with van der Waals surface area (Å²) in [5.74, 6) is 0.